The molecule has 0 fully saturated rings. The largest absolute Gasteiger partial charge is 0.747 e. The highest BCUT2D eigenvalue weighted by Gasteiger charge is 2.38. The molecule has 0 saturated heterocycles. The molecule has 2 atom stereocenters. The van der Waals surface area contributed by atoms with Crippen molar-refractivity contribution in [3.05, 3.63) is 83.2 Å². The number of benzene rings is 3. The Morgan fingerprint density at radius 1 is 1.18 bits per heavy atom. The van der Waals surface area contributed by atoms with Gasteiger partial charge in [0.2, 0.25) is 11.8 Å². The zero-order chi connectivity index (χ0) is 27.2. The van der Waals surface area contributed by atoms with Crippen molar-refractivity contribution in [2.24, 2.45) is 0 Å². The molecule has 0 radical (unpaired) electrons. The summed E-state index contributed by atoms with van der Waals surface area (Å²) < 4.78 is 74.8. The number of fused-ring (bicyclic) bond motifs is 4. The molecule has 2 aliphatic rings. The molecule has 13 heteroatoms. The van der Waals surface area contributed by atoms with Crippen molar-refractivity contribution >= 4 is 65.7 Å². The molecular weight excluding hydrogens is 572 g/mol. The zero-order valence-corrected chi connectivity index (χ0v) is 23.2. The van der Waals surface area contributed by atoms with Crippen LogP contribution in [0.5, 0.6) is 5.75 Å². The zero-order valence-electron chi connectivity index (χ0n) is 20.0. The average molecular weight is 595 g/mol. The predicted molar refractivity (Wildman–Crippen MR) is 146 cm³/mol. The summed E-state index contributed by atoms with van der Waals surface area (Å²) in [6, 6.07) is 16.1. The molecule has 9 nitrogen and oxygen atoms in total. The van der Waals surface area contributed by atoms with Gasteiger partial charge in [-0.15, -0.1) is 0 Å². The van der Waals surface area contributed by atoms with Crippen LogP contribution in [0.1, 0.15) is 13.3 Å². The molecule has 3 aromatic carbocycles. The number of quaternary nitrogens is 1. The van der Waals surface area contributed by atoms with Crippen LogP contribution in [-0.4, -0.2) is 43.1 Å². The minimum Gasteiger partial charge on any atom is -0.747 e. The van der Waals surface area contributed by atoms with E-state index in [1.54, 1.807) is 30.3 Å². The number of anilines is 1. The Morgan fingerprint density at radius 2 is 1.95 bits per heavy atom. The molecule has 2 heterocycles. The fourth-order valence-corrected chi connectivity index (χ4v) is 7.51. The van der Waals surface area contributed by atoms with Gasteiger partial charge in [-0.25, -0.2) is 8.42 Å². The smallest absolute Gasteiger partial charge is 0.316 e. The topological polar surface area (TPSA) is 128 Å². The lowest BCUT2D eigenvalue weighted by molar-refractivity contribution is -0.822. The van der Waals surface area contributed by atoms with E-state index >= 15 is 0 Å². The molecule has 2 aliphatic heterocycles. The van der Waals surface area contributed by atoms with Gasteiger partial charge < -0.3 is 9.29 Å². The molecule has 200 valence electrons. The van der Waals surface area contributed by atoms with Crippen molar-refractivity contribution in [3.63, 3.8) is 0 Å². The van der Waals surface area contributed by atoms with E-state index in [0.29, 0.717) is 33.5 Å². The molecule has 0 amide bonds. The average Bonchev–Trinajstić information content (AvgIpc) is 3.34. The van der Waals surface area contributed by atoms with Gasteiger partial charge in [0.05, 0.1) is 10.6 Å². The van der Waals surface area contributed by atoms with Crippen molar-refractivity contribution in [1.29, 1.82) is 0 Å². The van der Waals surface area contributed by atoms with Crippen LogP contribution in [0.3, 0.4) is 0 Å². The molecule has 0 spiro atoms. The molecule has 0 bridgehead atoms. The number of rotatable bonds is 7. The lowest BCUT2D eigenvalue weighted by Crippen LogP contribution is -3.10. The third kappa shape index (κ3) is 5.71. The van der Waals surface area contributed by atoms with Crippen LogP contribution in [0.4, 0.5) is 11.4 Å². The maximum atomic E-state index is 11.8. The van der Waals surface area contributed by atoms with E-state index < -0.39 is 37.4 Å². The van der Waals surface area contributed by atoms with E-state index in [0.717, 1.165) is 21.2 Å². The second kappa shape index (κ2) is 10.2. The summed E-state index contributed by atoms with van der Waals surface area (Å²) in [5.41, 5.74) is 1.86. The molecule has 3 aromatic rings. The van der Waals surface area contributed by atoms with Crippen molar-refractivity contribution < 1.29 is 35.6 Å². The second-order valence-electron chi connectivity index (χ2n) is 8.86. The van der Waals surface area contributed by atoms with Crippen LogP contribution in [0.2, 0.25) is 5.02 Å². The van der Waals surface area contributed by atoms with E-state index in [1.165, 1.54) is 16.7 Å². The third-order valence-corrected chi connectivity index (χ3v) is 8.98. The maximum absolute atomic E-state index is 11.8. The van der Waals surface area contributed by atoms with Gasteiger partial charge in [-0.2, -0.15) is 8.42 Å². The summed E-state index contributed by atoms with van der Waals surface area (Å²) in [4.78, 5) is 2.66. The summed E-state index contributed by atoms with van der Waals surface area (Å²) in [5, 5.41) is 1.61. The van der Waals surface area contributed by atoms with Gasteiger partial charge in [-0.3, -0.25) is 14.4 Å². The van der Waals surface area contributed by atoms with Gasteiger partial charge in [0.25, 0.3) is 0 Å². The molecule has 38 heavy (non-hydrogen) atoms. The number of ether oxygens (including phenoxy) is 1. The highest BCUT2D eigenvalue weighted by Crippen LogP contribution is 2.45. The molecular formula is C25H23ClN2O7S3. The Balaban J connectivity index is 1.56. The summed E-state index contributed by atoms with van der Waals surface area (Å²) in [7, 11) is -8.99. The molecule has 0 aliphatic carbocycles. The lowest BCUT2D eigenvalue weighted by atomic mass is 10.1. The normalized spacial score (nSPS) is 20.6. The van der Waals surface area contributed by atoms with Crippen molar-refractivity contribution in [3.8, 4) is 5.75 Å². The monoisotopic (exact) mass is 594 g/mol. The molecule has 2 N–H and O–H groups in total. The summed E-state index contributed by atoms with van der Waals surface area (Å²) >= 11 is 7.57. The maximum Gasteiger partial charge on any atom is 0.316 e. The van der Waals surface area contributed by atoms with Crippen molar-refractivity contribution in [2.45, 2.75) is 23.6 Å². The van der Waals surface area contributed by atoms with Crippen LogP contribution >= 0.6 is 23.4 Å². The van der Waals surface area contributed by atoms with Gasteiger partial charge in [0.15, 0.2) is 11.1 Å². The predicted octanol–water partition coefficient (Wildman–Crippen LogP) is 3.87. The van der Waals surface area contributed by atoms with E-state index in [2.05, 4.69) is 0 Å². The van der Waals surface area contributed by atoms with Crippen molar-refractivity contribution in [1.82, 2.24) is 0 Å². The summed E-state index contributed by atoms with van der Waals surface area (Å²) in [5.74, 6) is -0.788. The Bertz CT molecular complexity index is 1710. The van der Waals surface area contributed by atoms with Crippen LogP contribution in [-0.2, 0) is 20.2 Å². The number of thioether (sulfide) groups is 1. The van der Waals surface area contributed by atoms with E-state index in [4.69, 9.17) is 16.3 Å². The van der Waals surface area contributed by atoms with Crippen molar-refractivity contribution in [2.75, 3.05) is 16.7 Å². The minimum atomic E-state index is -4.67. The SMILES string of the molecule is CCC(=CC1Sc2ccc(Cl)cc2[NH+]1CS(=O)(=O)O)C=C1Oc2ccc3ccccc3c2N1CS(=O)(=O)[O-]. The summed E-state index contributed by atoms with van der Waals surface area (Å²) in [6.07, 6.45) is 4.00. The first-order valence-electron chi connectivity index (χ1n) is 11.5. The first kappa shape index (κ1) is 27.0. The highest BCUT2D eigenvalue weighted by atomic mass is 35.5. The second-order valence-corrected chi connectivity index (χ2v) is 13.3. The fourth-order valence-electron chi connectivity index (χ4n) is 4.60. The van der Waals surface area contributed by atoms with Crippen LogP contribution in [0.25, 0.3) is 10.8 Å². The van der Waals surface area contributed by atoms with Crippen LogP contribution in [0.15, 0.2) is 83.1 Å². The Kier molecular flexibility index (Phi) is 7.24. The highest BCUT2D eigenvalue weighted by molar-refractivity contribution is 8.00. The number of hydrogen-bond acceptors (Lipinski definition) is 8. The standard InChI is InChI=1S/C25H23ClN2O7S3/c1-2-16(12-24-27(14-37(29,30)31)20-13-18(26)8-10-22(20)36-24)11-23-28(15-38(32,33)34)25-19-6-4-3-5-17(19)7-9-21(25)35-23/h3-13,24H,2,14-15H2,1H3,(H,29,30,31)(H,32,33,34). The third-order valence-electron chi connectivity index (χ3n) is 6.21. The first-order chi connectivity index (χ1) is 17.9. The number of allylic oxidation sites excluding steroid dienone is 2. The van der Waals surface area contributed by atoms with E-state index in [1.807, 2.05) is 43.3 Å². The molecule has 5 rings (SSSR count). The van der Waals surface area contributed by atoms with Gasteiger partial charge in [0, 0.05) is 22.6 Å². The van der Waals surface area contributed by atoms with Crippen LogP contribution < -0.4 is 14.5 Å². The number of nitrogens with zero attached hydrogens (tertiary/aromatic N) is 1. The van der Waals surface area contributed by atoms with E-state index in [-0.39, 0.29) is 5.88 Å². The fraction of sp³-hybridized carbons (Fsp3) is 0.200. The van der Waals surface area contributed by atoms with Gasteiger partial charge in [0.1, 0.15) is 21.7 Å². The Labute approximate surface area is 229 Å². The Morgan fingerprint density at radius 3 is 2.66 bits per heavy atom. The van der Waals surface area contributed by atoms with E-state index in [9.17, 15) is 25.9 Å². The summed E-state index contributed by atoms with van der Waals surface area (Å²) in [6.45, 7) is 1.89. The number of nitrogens with one attached hydrogen (secondary N) is 1. The minimum absolute atomic E-state index is 0.170. The van der Waals surface area contributed by atoms with Gasteiger partial charge in [-0.1, -0.05) is 60.6 Å². The van der Waals surface area contributed by atoms with Gasteiger partial charge >= 0.3 is 10.1 Å². The van der Waals surface area contributed by atoms with Gasteiger partial charge in [-0.05, 0) is 41.7 Å². The number of halogens is 1. The number of hydrogen-bond donors (Lipinski definition) is 2. The molecule has 0 saturated carbocycles. The quantitative estimate of drug-likeness (QED) is 0.392. The lowest BCUT2D eigenvalue weighted by Gasteiger charge is -2.22. The molecule has 2 unspecified atom stereocenters. The van der Waals surface area contributed by atoms with Crippen LogP contribution in [0, 0.1) is 0 Å². The Hall–Kier alpha value is -2.58. The molecule has 0 aromatic heterocycles. The first-order valence-corrected chi connectivity index (χ1v) is 16.0.